The molecule has 0 atom stereocenters. The lowest BCUT2D eigenvalue weighted by molar-refractivity contribution is -0.113. The third-order valence-corrected chi connectivity index (χ3v) is 6.03. The Kier molecular flexibility index (Phi) is 6.82. The van der Waals surface area contributed by atoms with E-state index in [2.05, 4.69) is 20.6 Å². The summed E-state index contributed by atoms with van der Waals surface area (Å²) in [6.07, 6.45) is 0. The van der Waals surface area contributed by atoms with Crippen molar-refractivity contribution in [1.82, 2.24) is 24.7 Å². The lowest BCUT2D eigenvalue weighted by atomic mass is 10.2. The number of halogens is 1. The summed E-state index contributed by atoms with van der Waals surface area (Å²) in [7, 11) is 0. The van der Waals surface area contributed by atoms with Crippen molar-refractivity contribution < 1.29 is 13.9 Å². The number of nitrogens with two attached hydrogens (primary N) is 1. The van der Waals surface area contributed by atoms with Crippen LogP contribution in [0.3, 0.4) is 0 Å². The Bertz CT molecular complexity index is 1300. The number of rotatable bonds is 8. The van der Waals surface area contributed by atoms with E-state index in [0.717, 1.165) is 34.4 Å². The van der Waals surface area contributed by atoms with Crippen molar-refractivity contribution in [3.8, 4) is 11.4 Å². The Morgan fingerprint density at radius 2 is 1.79 bits per heavy atom. The summed E-state index contributed by atoms with van der Waals surface area (Å²) < 4.78 is 21.6. The molecule has 0 fully saturated rings. The first-order valence-corrected chi connectivity index (χ1v) is 11.4. The van der Waals surface area contributed by atoms with Gasteiger partial charge in [-0.1, -0.05) is 29.5 Å². The lowest BCUT2D eigenvalue weighted by Gasteiger charge is -2.08. The van der Waals surface area contributed by atoms with Crippen LogP contribution in [0.1, 0.15) is 22.8 Å². The zero-order valence-electron chi connectivity index (χ0n) is 18.9. The monoisotopic (exact) mass is 481 g/mol. The van der Waals surface area contributed by atoms with Gasteiger partial charge in [0.15, 0.2) is 5.82 Å². The fourth-order valence-corrected chi connectivity index (χ4v) is 3.92. The maximum atomic E-state index is 13.0. The van der Waals surface area contributed by atoms with Gasteiger partial charge < -0.3 is 15.9 Å². The Hall–Kier alpha value is -3.86. The molecular formula is C23H24FN7O2S. The highest BCUT2D eigenvalue weighted by atomic mass is 32.2. The maximum Gasteiger partial charge on any atom is 0.234 e. The molecule has 4 rings (SSSR count). The third-order valence-electron chi connectivity index (χ3n) is 5.08. The molecule has 2 aromatic carbocycles. The quantitative estimate of drug-likeness (QED) is 0.292. The summed E-state index contributed by atoms with van der Waals surface area (Å²) in [6.45, 7) is 5.84. The fraction of sp³-hybridized carbons (Fsp3) is 0.217. The van der Waals surface area contributed by atoms with Crippen molar-refractivity contribution in [3.05, 3.63) is 77.1 Å². The Balaban J connectivity index is 1.35. The Labute approximate surface area is 200 Å². The summed E-state index contributed by atoms with van der Waals surface area (Å²) in [5, 5.41) is 15.9. The third kappa shape index (κ3) is 5.20. The molecule has 0 saturated heterocycles. The van der Waals surface area contributed by atoms with Gasteiger partial charge in [0, 0.05) is 0 Å². The van der Waals surface area contributed by atoms with Crippen molar-refractivity contribution in [3.63, 3.8) is 0 Å². The average molecular weight is 482 g/mol. The number of aromatic nitrogens is 5. The molecule has 34 heavy (non-hydrogen) atoms. The van der Waals surface area contributed by atoms with Gasteiger partial charge in [-0.25, -0.2) is 13.7 Å². The van der Waals surface area contributed by atoms with Crippen LogP contribution in [0, 0.1) is 26.6 Å². The molecule has 4 aromatic rings. The number of nitrogens with zero attached hydrogens (tertiary/aromatic N) is 5. The second-order valence-electron chi connectivity index (χ2n) is 7.64. The van der Waals surface area contributed by atoms with Crippen LogP contribution in [0.25, 0.3) is 5.69 Å². The molecule has 0 spiro atoms. The number of amides is 1. The number of benzene rings is 2. The zero-order chi connectivity index (χ0) is 24.2. The molecule has 2 aromatic heterocycles. The summed E-state index contributed by atoms with van der Waals surface area (Å²) in [5.74, 6) is 6.42. The van der Waals surface area contributed by atoms with Crippen molar-refractivity contribution in [2.24, 2.45) is 0 Å². The highest BCUT2D eigenvalue weighted by Gasteiger charge is 2.17. The first-order chi connectivity index (χ1) is 16.3. The Morgan fingerprint density at radius 3 is 2.50 bits per heavy atom. The minimum atomic E-state index is -0.348. The molecule has 0 aliphatic heterocycles. The molecule has 3 N–H and O–H groups in total. The predicted molar refractivity (Wildman–Crippen MR) is 128 cm³/mol. The van der Waals surface area contributed by atoms with Crippen LogP contribution < -0.4 is 15.9 Å². The smallest absolute Gasteiger partial charge is 0.234 e. The molecule has 0 radical (unpaired) electrons. The van der Waals surface area contributed by atoms with Crippen LogP contribution in [0.15, 0.2) is 53.7 Å². The number of aryl methyl sites for hydroxylation is 2. The van der Waals surface area contributed by atoms with Crippen LogP contribution in [0.5, 0.6) is 5.75 Å². The van der Waals surface area contributed by atoms with Gasteiger partial charge in [0.05, 0.1) is 28.5 Å². The second-order valence-corrected chi connectivity index (χ2v) is 8.58. The molecule has 0 unspecified atom stereocenters. The predicted octanol–water partition coefficient (Wildman–Crippen LogP) is 3.55. The van der Waals surface area contributed by atoms with E-state index in [9.17, 15) is 9.18 Å². The molecule has 1 amide bonds. The number of carbonyl (C=O) groups excluding carboxylic acids is 1. The van der Waals surface area contributed by atoms with E-state index in [0.29, 0.717) is 22.4 Å². The van der Waals surface area contributed by atoms with Crippen LogP contribution in [-0.2, 0) is 11.4 Å². The van der Waals surface area contributed by atoms with Crippen molar-refractivity contribution in [2.45, 2.75) is 32.5 Å². The van der Waals surface area contributed by atoms with E-state index >= 15 is 0 Å². The normalized spacial score (nSPS) is 10.9. The maximum absolute atomic E-state index is 13.0. The summed E-state index contributed by atoms with van der Waals surface area (Å²) in [4.78, 5) is 12.6. The first-order valence-electron chi connectivity index (χ1n) is 10.5. The van der Waals surface area contributed by atoms with E-state index in [-0.39, 0.29) is 24.1 Å². The van der Waals surface area contributed by atoms with Gasteiger partial charge in [-0.3, -0.25) is 4.79 Å². The van der Waals surface area contributed by atoms with Gasteiger partial charge in [-0.15, -0.1) is 10.2 Å². The molecule has 11 heteroatoms. The van der Waals surface area contributed by atoms with E-state index < -0.39 is 0 Å². The van der Waals surface area contributed by atoms with Gasteiger partial charge in [0.2, 0.25) is 11.1 Å². The van der Waals surface area contributed by atoms with E-state index in [1.807, 2.05) is 45.0 Å². The summed E-state index contributed by atoms with van der Waals surface area (Å²) in [6, 6.07) is 13.6. The van der Waals surface area contributed by atoms with Crippen molar-refractivity contribution >= 4 is 23.4 Å². The molecule has 9 nitrogen and oxygen atoms in total. The van der Waals surface area contributed by atoms with Crippen LogP contribution >= 0.6 is 11.8 Å². The van der Waals surface area contributed by atoms with Gasteiger partial charge in [-0.2, -0.15) is 5.10 Å². The van der Waals surface area contributed by atoms with Crippen LogP contribution in [0.4, 0.5) is 10.1 Å². The number of nitrogens with one attached hydrogen (secondary N) is 1. The minimum absolute atomic E-state index is 0.0540. The van der Waals surface area contributed by atoms with Crippen LogP contribution in [0.2, 0.25) is 0 Å². The summed E-state index contributed by atoms with van der Waals surface area (Å²) in [5.41, 5.74) is 4.32. The number of ether oxygens (including phenoxy) is 1. The molecular weight excluding hydrogens is 457 g/mol. The summed E-state index contributed by atoms with van der Waals surface area (Å²) >= 11 is 1.16. The molecule has 0 bridgehead atoms. The number of carbonyl (C=O) groups is 1. The number of nitrogen functional groups attached to an aromatic ring is 1. The van der Waals surface area contributed by atoms with E-state index in [1.54, 1.807) is 4.68 Å². The largest absolute Gasteiger partial charge is 0.486 e. The molecule has 0 saturated carbocycles. The average Bonchev–Trinajstić information content (AvgIpc) is 3.31. The number of hydrogen-bond donors (Lipinski definition) is 2. The topological polar surface area (TPSA) is 113 Å². The second kappa shape index (κ2) is 9.96. The van der Waals surface area contributed by atoms with Gasteiger partial charge in [-0.05, 0) is 57.2 Å². The molecule has 2 heterocycles. The highest BCUT2D eigenvalue weighted by Crippen LogP contribution is 2.24. The van der Waals surface area contributed by atoms with Crippen molar-refractivity contribution in [1.29, 1.82) is 0 Å². The molecule has 0 aliphatic carbocycles. The van der Waals surface area contributed by atoms with Gasteiger partial charge in [0.1, 0.15) is 18.2 Å². The zero-order valence-corrected chi connectivity index (χ0v) is 19.8. The first kappa shape index (κ1) is 23.3. The standard InChI is InChI=1S/C23H24FN7O2S/c1-14-4-8-18(9-5-14)31-16(3)22(15(2)29-31)26-21(32)13-34-23-28-27-20(30(23)25)12-33-19-10-6-17(24)7-11-19/h4-11H,12-13,25H2,1-3H3,(H,26,32). The molecule has 0 aliphatic rings. The number of thioether (sulfide) groups is 1. The fourth-order valence-electron chi connectivity index (χ4n) is 3.25. The highest BCUT2D eigenvalue weighted by molar-refractivity contribution is 7.99. The van der Waals surface area contributed by atoms with Gasteiger partial charge in [0.25, 0.3) is 0 Å². The van der Waals surface area contributed by atoms with Crippen LogP contribution in [-0.4, -0.2) is 36.3 Å². The van der Waals surface area contributed by atoms with Crippen molar-refractivity contribution in [2.75, 3.05) is 16.9 Å². The number of hydrogen-bond acceptors (Lipinski definition) is 7. The van der Waals surface area contributed by atoms with Gasteiger partial charge >= 0.3 is 0 Å². The minimum Gasteiger partial charge on any atom is -0.486 e. The molecule has 176 valence electrons. The van der Waals surface area contributed by atoms with E-state index in [1.165, 1.54) is 28.9 Å². The SMILES string of the molecule is Cc1ccc(-n2nc(C)c(NC(=O)CSc3nnc(COc4ccc(F)cc4)n3N)c2C)cc1. The Morgan fingerprint density at radius 1 is 1.09 bits per heavy atom. The lowest BCUT2D eigenvalue weighted by Crippen LogP contribution is -2.18. The number of anilines is 1. The van der Waals surface area contributed by atoms with E-state index in [4.69, 9.17) is 10.6 Å².